The smallest absolute Gasteiger partial charge is 0.0714 e. The summed E-state index contributed by atoms with van der Waals surface area (Å²) < 4.78 is 0. The number of hydrogen-bond donors (Lipinski definition) is 0. The van der Waals surface area contributed by atoms with E-state index in [1.54, 1.807) is 0 Å². The molecule has 0 amide bonds. The molecule has 1 nitrogen and oxygen atoms in total. The van der Waals surface area contributed by atoms with Crippen LogP contribution in [0.15, 0.2) is 237 Å². The molecule has 0 radical (unpaired) electrons. The summed E-state index contributed by atoms with van der Waals surface area (Å²) in [7, 11) is 0. The van der Waals surface area contributed by atoms with Gasteiger partial charge in [-0.2, -0.15) is 0 Å². The molecule has 0 atom stereocenters. The van der Waals surface area contributed by atoms with Crippen LogP contribution in [0.3, 0.4) is 0 Å². The Morgan fingerprint density at radius 3 is 1.35 bits per heavy atom. The summed E-state index contributed by atoms with van der Waals surface area (Å²) in [5.74, 6) is 0. The van der Waals surface area contributed by atoms with Gasteiger partial charge in [0.2, 0.25) is 0 Å². The summed E-state index contributed by atoms with van der Waals surface area (Å²) in [6.45, 7) is 0. The number of fused-ring (bicyclic) bond motifs is 2. The molecule has 62 heavy (non-hydrogen) atoms. The molecule has 0 aliphatic heterocycles. The van der Waals surface area contributed by atoms with Gasteiger partial charge in [0.1, 0.15) is 0 Å². The Bertz CT molecular complexity index is 3370. The maximum atomic E-state index is 2.47. The van der Waals surface area contributed by atoms with Crippen LogP contribution in [-0.2, 0) is 5.41 Å². The minimum Gasteiger partial charge on any atom is -0.310 e. The van der Waals surface area contributed by atoms with Crippen molar-refractivity contribution >= 4 is 72.3 Å². The normalized spacial score (nSPS) is 12.9. The van der Waals surface area contributed by atoms with Crippen LogP contribution in [-0.4, -0.2) is 0 Å². The second-order valence-corrected chi connectivity index (χ2v) is 16.5. The van der Waals surface area contributed by atoms with Crippen molar-refractivity contribution in [1.29, 1.82) is 0 Å². The van der Waals surface area contributed by atoms with E-state index < -0.39 is 5.41 Å². The van der Waals surface area contributed by atoms with Crippen LogP contribution in [0.2, 0.25) is 0 Å². The first-order valence-corrected chi connectivity index (χ1v) is 21.5. The van der Waals surface area contributed by atoms with E-state index in [0.717, 1.165) is 28.2 Å². The first-order chi connectivity index (χ1) is 30.7. The van der Waals surface area contributed by atoms with Crippen molar-refractivity contribution in [2.75, 3.05) is 4.90 Å². The Balaban J connectivity index is 0.879. The summed E-state index contributed by atoms with van der Waals surface area (Å²) in [5.41, 5.74) is 13.0. The molecule has 0 bridgehead atoms. The van der Waals surface area contributed by atoms with Crippen molar-refractivity contribution in [2.45, 2.75) is 5.41 Å². The van der Waals surface area contributed by atoms with Gasteiger partial charge in [-0.15, -0.1) is 0 Å². The van der Waals surface area contributed by atoms with Gasteiger partial charge in [-0.1, -0.05) is 200 Å². The van der Waals surface area contributed by atoms with Crippen molar-refractivity contribution in [3.05, 3.63) is 270 Å². The number of rotatable bonds is 8. The molecule has 0 spiro atoms. The minimum absolute atomic E-state index is 0.430. The Morgan fingerprint density at radius 2 is 0.758 bits per heavy atom. The van der Waals surface area contributed by atoms with Crippen molar-refractivity contribution in [3.8, 4) is 11.1 Å². The molecule has 0 N–H and O–H groups in total. The number of anilines is 3. The molecule has 0 unspecified atom stereocenters. The summed E-state index contributed by atoms with van der Waals surface area (Å²) in [6, 6.07) is 87.0. The van der Waals surface area contributed by atoms with Gasteiger partial charge in [-0.25, -0.2) is 0 Å². The maximum Gasteiger partial charge on any atom is 0.0714 e. The Hall–Kier alpha value is -8.00. The van der Waals surface area contributed by atoms with E-state index in [4.69, 9.17) is 0 Å². The van der Waals surface area contributed by atoms with Crippen LogP contribution >= 0.6 is 0 Å². The lowest BCUT2D eigenvalue weighted by molar-refractivity contribution is 0.771. The van der Waals surface area contributed by atoms with E-state index in [0.29, 0.717) is 0 Å². The number of hydrogen-bond acceptors (Lipinski definition) is 1. The molecule has 0 heterocycles. The van der Waals surface area contributed by atoms with E-state index >= 15 is 0 Å². The zero-order valence-corrected chi connectivity index (χ0v) is 34.1. The zero-order valence-electron chi connectivity index (χ0n) is 34.1. The van der Waals surface area contributed by atoms with E-state index in [2.05, 4.69) is 254 Å². The lowest BCUT2D eigenvalue weighted by Gasteiger charge is -2.34. The van der Waals surface area contributed by atoms with Gasteiger partial charge in [-0.05, 0) is 136 Å². The van der Waals surface area contributed by atoms with Crippen LogP contribution in [0.25, 0.3) is 66.4 Å². The standard InChI is InChI=1S/C61H41N/c1-3-17-52(18-4-1)61(53-19-5-2-6-20-53)57-21-11-16-47-30-31-50-38-51(41-58(61)60(50)59(47)57)46-28-24-42(25-29-46)22-23-43-26-34-54(35-27-43)62(55-36-32-44-12-7-9-14-48(44)39-55)56-37-33-45-13-8-10-15-49(45)40-56/h1-41H. The van der Waals surface area contributed by atoms with Gasteiger partial charge in [0.05, 0.1) is 5.41 Å². The largest absolute Gasteiger partial charge is 0.310 e. The molecule has 1 aliphatic rings. The van der Waals surface area contributed by atoms with Crippen molar-refractivity contribution in [3.63, 3.8) is 0 Å². The van der Waals surface area contributed by atoms with Crippen LogP contribution in [0.5, 0.6) is 0 Å². The highest BCUT2D eigenvalue weighted by molar-refractivity contribution is 6.17. The monoisotopic (exact) mass is 787 g/mol. The second kappa shape index (κ2) is 14.6. The van der Waals surface area contributed by atoms with Gasteiger partial charge in [0.15, 0.2) is 0 Å². The molecule has 12 rings (SSSR count). The fourth-order valence-corrected chi connectivity index (χ4v) is 10.1. The number of nitrogens with zero attached hydrogens (tertiary/aromatic N) is 1. The third-order valence-electron chi connectivity index (χ3n) is 13.0. The quantitative estimate of drug-likeness (QED) is 0.110. The highest BCUT2D eigenvalue weighted by Gasteiger charge is 2.45. The molecule has 0 saturated heterocycles. The van der Waals surface area contributed by atoms with Crippen molar-refractivity contribution in [1.82, 2.24) is 0 Å². The lowest BCUT2D eigenvalue weighted by atomic mass is 9.67. The van der Waals surface area contributed by atoms with Crippen molar-refractivity contribution in [2.24, 2.45) is 0 Å². The molecule has 0 saturated carbocycles. The number of benzene rings is 11. The fourth-order valence-electron chi connectivity index (χ4n) is 10.1. The minimum atomic E-state index is -0.430. The Kier molecular flexibility index (Phi) is 8.47. The molecule has 0 fully saturated rings. The third kappa shape index (κ3) is 5.85. The van der Waals surface area contributed by atoms with Gasteiger partial charge in [0.25, 0.3) is 0 Å². The Labute approximate surface area is 362 Å². The molecule has 290 valence electrons. The van der Waals surface area contributed by atoms with E-state index in [9.17, 15) is 0 Å². The second-order valence-electron chi connectivity index (χ2n) is 16.5. The van der Waals surface area contributed by atoms with Gasteiger partial charge >= 0.3 is 0 Å². The molecule has 1 heteroatoms. The molecule has 1 aliphatic carbocycles. The average molecular weight is 788 g/mol. The summed E-state index contributed by atoms with van der Waals surface area (Å²) in [4.78, 5) is 2.36. The lowest BCUT2D eigenvalue weighted by Crippen LogP contribution is -2.28. The molecule has 11 aromatic rings. The highest BCUT2D eigenvalue weighted by Crippen LogP contribution is 2.56. The molecular formula is C61H41N. The van der Waals surface area contributed by atoms with Gasteiger partial charge < -0.3 is 4.90 Å². The van der Waals surface area contributed by atoms with Gasteiger partial charge in [0, 0.05) is 17.1 Å². The van der Waals surface area contributed by atoms with E-state index in [1.807, 2.05) is 0 Å². The summed E-state index contributed by atoms with van der Waals surface area (Å²) in [6.07, 6.45) is 4.43. The first-order valence-electron chi connectivity index (χ1n) is 21.5. The van der Waals surface area contributed by atoms with Crippen LogP contribution in [0.1, 0.15) is 33.4 Å². The predicted octanol–water partition coefficient (Wildman–Crippen LogP) is 16.3. The van der Waals surface area contributed by atoms with Crippen LogP contribution in [0.4, 0.5) is 17.1 Å². The predicted molar refractivity (Wildman–Crippen MR) is 264 cm³/mol. The van der Waals surface area contributed by atoms with Crippen molar-refractivity contribution < 1.29 is 0 Å². The summed E-state index contributed by atoms with van der Waals surface area (Å²) in [5, 5.41) is 10.2. The van der Waals surface area contributed by atoms with Crippen LogP contribution in [0, 0.1) is 0 Å². The topological polar surface area (TPSA) is 3.24 Å². The molecule has 11 aromatic carbocycles. The molecular weight excluding hydrogens is 747 g/mol. The molecule has 0 aromatic heterocycles. The Morgan fingerprint density at radius 1 is 0.290 bits per heavy atom. The maximum absolute atomic E-state index is 2.47. The highest BCUT2D eigenvalue weighted by atomic mass is 15.1. The third-order valence-corrected chi connectivity index (χ3v) is 13.0. The van der Waals surface area contributed by atoms with Gasteiger partial charge in [-0.3, -0.25) is 0 Å². The fraction of sp³-hybridized carbons (Fsp3) is 0.0164. The average Bonchev–Trinajstić information content (AvgIpc) is 3.65. The summed E-state index contributed by atoms with van der Waals surface area (Å²) >= 11 is 0. The van der Waals surface area contributed by atoms with E-state index in [1.165, 1.54) is 76.5 Å². The SMILES string of the molecule is C(=Cc1ccc(N(c2ccc3ccccc3c2)c2ccc3ccccc3c2)cc1)c1ccc(-c2cc3c4c(ccc5cccc(c54)C3(c3ccccc3)c3ccccc3)c2)cc1. The van der Waals surface area contributed by atoms with Crippen LogP contribution < -0.4 is 4.90 Å². The first kappa shape index (κ1) is 35.9. The van der Waals surface area contributed by atoms with E-state index in [-0.39, 0.29) is 0 Å². The zero-order chi connectivity index (χ0) is 41.0.